The molecule has 1 heterocycles. The number of piperidine rings is 1. The van der Waals surface area contributed by atoms with Crippen LogP contribution < -0.4 is 10.6 Å². The predicted molar refractivity (Wildman–Crippen MR) is 122 cm³/mol. The van der Waals surface area contributed by atoms with E-state index in [1.807, 2.05) is 13.8 Å². The number of amides is 3. The van der Waals surface area contributed by atoms with E-state index in [4.69, 9.17) is 4.74 Å². The number of benzene rings is 1. The molecule has 3 amide bonds. The van der Waals surface area contributed by atoms with Crippen molar-refractivity contribution in [2.24, 2.45) is 11.8 Å². The molecule has 1 aromatic rings. The number of esters is 1. The maximum absolute atomic E-state index is 12.9. The molecule has 33 heavy (non-hydrogen) atoms. The number of nitrogens with zero attached hydrogens (tertiary/aromatic N) is 1. The van der Waals surface area contributed by atoms with E-state index in [9.17, 15) is 22.8 Å². The minimum Gasteiger partial charge on any atom is -0.452 e. The van der Waals surface area contributed by atoms with Gasteiger partial charge in [0, 0.05) is 19.1 Å². The highest BCUT2D eigenvalue weighted by molar-refractivity contribution is 7.89. The van der Waals surface area contributed by atoms with Crippen molar-refractivity contribution in [2.75, 3.05) is 19.7 Å². The van der Waals surface area contributed by atoms with Crippen LogP contribution in [0.1, 0.15) is 62.7 Å². The fourth-order valence-electron chi connectivity index (χ4n) is 4.56. The molecule has 10 heteroatoms. The van der Waals surface area contributed by atoms with Crippen molar-refractivity contribution in [2.45, 2.75) is 63.3 Å². The van der Waals surface area contributed by atoms with E-state index in [-0.39, 0.29) is 28.3 Å². The Morgan fingerprint density at radius 3 is 2.21 bits per heavy atom. The minimum absolute atomic E-state index is 0.0558. The Labute approximate surface area is 195 Å². The second kappa shape index (κ2) is 11.1. The van der Waals surface area contributed by atoms with Crippen LogP contribution >= 0.6 is 0 Å². The normalized spacial score (nSPS) is 22.4. The first-order chi connectivity index (χ1) is 15.6. The van der Waals surface area contributed by atoms with Crippen molar-refractivity contribution < 1.29 is 27.5 Å². The Balaban J connectivity index is 1.49. The quantitative estimate of drug-likeness (QED) is 0.605. The lowest BCUT2D eigenvalue weighted by Crippen LogP contribution is -2.46. The molecule has 0 spiro atoms. The molecular weight excluding hydrogens is 446 g/mol. The zero-order valence-electron chi connectivity index (χ0n) is 19.2. The van der Waals surface area contributed by atoms with Gasteiger partial charge < -0.3 is 10.1 Å². The third-order valence-corrected chi connectivity index (χ3v) is 7.94. The lowest BCUT2D eigenvalue weighted by atomic mass is 9.94. The Hall–Kier alpha value is -2.46. The average molecular weight is 480 g/mol. The second-order valence-corrected chi connectivity index (χ2v) is 11.2. The van der Waals surface area contributed by atoms with Gasteiger partial charge in [-0.15, -0.1) is 0 Å². The molecule has 2 fully saturated rings. The van der Waals surface area contributed by atoms with Gasteiger partial charge in [0.25, 0.3) is 5.91 Å². The third kappa shape index (κ3) is 7.01. The van der Waals surface area contributed by atoms with Crippen LogP contribution in [0.3, 0.4) is 0 Å². The molecule has 1 aromatic carbocycles. The SMILES string of the molecule is CC1CC(C)CN(S(=O)(=O)c2ccc(C(=O)OCC(=O)NC(=O)NC3CCCCC3)cc2)C1. The van der Waals surface area contributed by atoms with Gasteiger partial charge in [0.15, 0.2) is 6.61 Å². The Bertz CT molecular complexity index is 947. The van der Waals surface area contributed by atoms with Crippen molar-refractivity contribution >= 4 is 27.9 Å². The molecule has 1 aliphatic carbocycles. The first-order valence-corrected chi connectivity index (χ1v) is 13.0. The van der Waals surface area contributed by atoms with Crippen LogP contribution in [-0.2, 0) is 19.6 Å². The van der Waals surface area contributed by atoms with Crippen LogP contribution in [0.4, 0.5) is 4.79 Å². The molecule has 0 bridgehead atoms. The van der Waals surface area contributed by atoms with Crippen molar-refractivity contribution in [1.82, 2.24) is 14.9 Å². The van der Waals surface area contributed by atoms with E-state index in [2.05, 4.69) is 10.6 Å². The molecule has 9 nitrogen and oxygen atoms in total. The van der Waals surface area contributed by atoms with E-state index in [1.165, 1.54) is 28.6 Å². The summed E-state index contributed by atoms with van der Waals surface area (Å²) in [5, 5.41) is 4.91. The standard InChI is InChI=1S/C23H33N3O6S/c1-16-12-17(2)14-26(13-16)33(30,31)20-10-8-18(9-11-20)22(28)32-15-21(27)25-23(29)24-19-6-4-3-5-7-19/h8-11,16-17,19H,3-7,12-15H2,1-2H3,(H2,24,25,27,29). The molecule has 1 aliphatic heterocycles. The maximum Gasteiger partial charge on any atom is 0.338 e. The monoisotopic (exact) mass is 479 g/mol. The zero-order chi connectivity index (χ0) is 24.0. The summed E-state index contributed by atoms with van der Waals surface area (Å²) in [5.41, 5.74) is 0.119. The molecule has 2 unspecified atom stereocenters. The molecule has 2 atom stereocenters. The van der Waals surface area contributed by atoms with E-state index < -0.39 is 34.5 Å². The van der Waals surface area contributed by atoms with Gasteiger partial charge in [-0.2, -0.15) is 4.31 Å². The number of rotatable bonds is 6. The lowest BCUT2D eigenvalue weighted by molar-refractivity contribution is -0.123. The Kier molecular flexibility index (Phi) is 8.47. The summed E-state index contributed by atoms with van der Waals surface area (Å²) >= 11 is 0. The smallest absolute Gasteiger partial charge is 0.338 e. The van der Waals surface area contributed by atoms with E-state index >= 15 is 0 Å². The number of hydrogen-bond donors (Lipinski definition) is 2. The molecule has 3 rings (SSSR count). The number of carbonyl (C=O) groups excluding carboxylic acids is 3. The van der Waals surface area contributed by atoms with Crippen molar-refractivity contribution in [1.29, 1.82) is 0 Å². The van der Waals surface area contributed by atoms with Gasteiger partial charge in [0.1, 0.15) is 0 Å². The number of carbonyl (C=O) groups is 3. The van der Waals surface area contributed by atoms with Crippen molar-refractivity contribution in [3.63, 3.8) is 0 Å². The molecule has 1 saturated carbocycles. The van der Waals surface area contributed by atoms with Gasteiger partial charge in [-0.05, 0) is 55.4 Å². The number of imide groups is 1. The molecule has 182 valence electrons. The minimum atomic E-state index is -3.65. The van der Waals surface area contributed by atoms with Gasteiger partial charge in [-0.1, -0.05) is 33.1 Å². The van der Waals surface area contributed by atoms with Gasteiger partial charge >= 0.3 is 12.0 Å². The summed E-state index contributed by atoms with van der Waals surface area (Å²) in [4.78, 5) is 36.2. The predicted octanol–water partition coefficient (Wildman–Crippen LogP) is 2.67. The number of urea groups is 1. The summed E-state index contributed by atoms with van der Waals surface area (Å²) in [6.45, 7) is 4.40. The third-order valence-electron chi connectivity index (χ3n) is 6.09. The summed E-state index contributed by atoms with van der Waals surface area (Å²) in [6.07, 6.45) is 6.01. The molecule has 2 N–H and O–H groups in total. The van der Waals surface area contributed by atoms with Crippen LogP contribution in [0.15, 0.2) is 29.2 Å². The number of hydrogen-bond acceptors (Lipinski definition) is 6. The summed E-state index contributed by atoms with van der Waals surface area (Å²) in [7, 11) is -3.65. The number of ether oxygens (including phenoxy) is 1. The Morgan fingerprint density at radius 2 is 1.61 bits per heavy atom. The largest absolute Gasteiger partial charge is 0.452 e. The molecule has 0 aromatic heterocycles. The van der Waals surface area contributed by atoms with Crippen LogP contribution in [0.25, 0.3) is 0 Å². The topological polar surface area (TPSA) is 122 Å². The first kappa shape index (κ1) is 25.2. The van der Waals surface area contributed by atoms with Crippen LogP contribution in [-0.4, -0.2) is 56.4 Å². The lowest BCUT2D eigenvalue weighted by Gasteiger charge is -2.34. The summed E-state index contributed by atoms with van der Waals surface area (Å²) in [5.74, 6) is -0.937. The molecule has 0 radical (unpaired) electrons. The van der Waals surface area contributed by atoms with Gasteiger partial charge in [-0.3, -0.25) is 10.1 Å². The highest BCUT2D eigenvalue weighted by Gasteiger charge is 2.31. The van der Waals surface area contributed by atoms with Crippen molar-refractivity contribution in [3.05, 3.63) is 29.8 Å². The fraction of sp³-hybridized carbons (Fsp3) is 0.609. The zero-order valence-corrected chi connectivity index (χ0v) is 20.0. The van der Waals surface area contributed by atoms with Crippen LogP contribution in [0.5, 0.6) is 0 Å². The maximum atomic E-state index is 12.9. The average Bonchev–Trinajstić information content (AvgIpc) is 2.77. The van der Waals surface area contributed by atoms with E-state index in [1.54, 1.807) is 0 Å². The summed E-state index contributed by atoms with van der Waals surface area (Å²) < 4.78 is 32.3. The number of sulfonamides is 1. The van der Waals surface area contributed by atoms with Crippen LogP contribution in [0.2, 0.25) is 0 Å². The summed E-state index contributed by atoms with van der Waals surface area (Å²) in [6, 6.07) is 4.92. The van der Waals surface area contributed by atoms with E-state index in [0.29, 0.717) is 13.1 Å². The Morgan fingerprint density at radius 1 is 1.00 bits per heavy atom. The van der Waals surface area contributed by atoms with Gasteiger partial charge in [0.05, 0.1) is 10.5 Å². The molecule has 2 aliphatic rings. The van der Waals surface area contributed by atoms with Gasteiger partial charge in [-0.25, -0.2) is 18.0 Å². The number of nitrogens with one attached hydrogen (secondary N) is 2. The highest BCUT2D eigenvalue weighted by Crippen LogP contribution is 2.26. The molecule has 1 saturated heterocycles. The first-order valence-electron chi connectivity index (χ1n) is 11.5. The van der Waals surface area contributed by atoms with Crippen LogP contribution in [0, 0.1) is 11.8 Å². The van der Waals surface area contributed by atoms with Crippen molar-refractivity contribution in [3.8, 4) is 0 Å². The fourth-order valence-corrected chi connectivity index (χ4v) is 6.24. The van der Waals surface area contributed by atoms with E-state index in [0.717, 1.165) is 38.5 Å². The van der Waals surface area contributed by atoms with Gasteiger partial charge in [0.2, 0.25) is 10.0 Å². The highest BCUT2D eigenvalue weighted by atomic mass is 32.2. The molecular formula is C23H33N3O6S. The second-order valence-electron chi connectivity index (χ2n) is 9.23.